The highest BCUT2D eigenvalue weighted by molar-refractivity contribution is 7.89. The third kappa shape index (κ3) is 6.80. The molecule has 2 aliphatic rings. The first kappa shape index (κ1) is 36.6. The number of halogens is 3. The summed E-state index contributed by atoms with van der Waals surface area (Å²) in [7, 11) is -6.48. The third-order valence-electron chi connectivity index (χ3n) is 8.94. The fourth-order valence-electron chi connectivity index (χ4n) is 6.27. The number of nitrogens with zero attached hydrogens (tertiary/aromatic N) is 5. The molecular formula is C35H32F3N5O7S3. The van der Waals surface area contributed by atoms with Gasteiger partial charge in [0, 0.05) is 55.1 Å². The molecule has 0 amide bonds. The molecule has 3 aromatic carbocycles. The second-order valence-corrected chi connectivity index (χ2v) is 17.3. The van der Waals surface area contributed by atoms with Crippen LogP contribution in [0.15, 0.2) is 87.5 Å². The predicted molar refractivity (Wildman–Crippen MR) is 192 cm³/mol. The monoisotopic (exact) mass is 787 g/mol. The Balaban J connectivity index is 0.000000170. The van der Waals surface area contributed by atoms with Crippen LogP contribution in [-0.2, 0) is 33.6 Å². The van der Waals surface area contributed by atoms with Crippen molar-refractivity contribution in [2.45, 2.75) is 23.3 Å². The molecule has 2 aliphatic heterocycles. The van der Waals surface area contributed by atoms with Crippen molar-refractivity contribution in [3.05, 3.63) is 111 Å². The van der Waals surface area contributed by atoms with Gasteiger partial charge in [0.05, 0.1) is 27.9 Å². The topological polar surface area (TPSA) is 133 Å². The molecule has 0 spiro atoms. The van der Waals surface area contributed by atoms with Crippen molar-refractivity contribution in [2.24, 2.45) is 7.05 Å². The standard InChI is InChI=1S/C18H18F2N2O6S2.C17H14FN3OS/c19-14-2-1-3-15(20)18(14)30(25,26)22-8-6-21(7-9-22)29(23,24)13-4-5-16-17(12-13)28-11-10-27-16;1-10-7-14-16(23-10)12-8-19-21(17(22)15(12)20(14)2)9-11-5-3-4-6-13(11)18/h1-5,12H,6-11H2;3-8H,9H2,1-2H3. The van der Waals surface area contributed by atoms with Gasteiger partial charge >= 0.3 is 0 Å². The summed E-state index contributed by atoms with van der Waals surface area (Å²) < 4.78 is 110. The predicted octanol–water partition coefficient (Wildman–Crippen LogP) is 4.88. The summed E-state index contributed by atoms with van der Waals surface area (Å²) in [5.74, 6) is -1.95. The summed E-state index contributed by atoms with van der Waals surface area (Å²) >= 11 is 1.65. The van der Waals surface area contributed by atoms with Crippen LogP contribution in [0.5, 0.6) is 11.5 Å². The molecule has 3 aromatic heterocycles. The van der Waals surface area contributed by atoms with Crippen LogP contribution in [0.1, 0.15) is 10.4 Å². The molecule has 1 fully saturated rings. The lowest BCUT2D eigenvalue weighted by atomic mass is 10.2. The minimum absolute atomic E-state index is 0.0109. The Morgan fingerprint density at radius 3 is 2.09 bits per heavy atom. The lowest BCUT2D eigenvalue weighted by molar-refractivity contribution is 0.171. The lowest BCUT2D eigenvalue weighted by Gasteiger charge is -2.33. The summed E-state index contributed by atoms with van der Waals surface area (Å²) in [5.41, 5.74) is 1.89. The Kier molecular flexibility index (Phi) is 9.83. The van der Waals surface area contributed by atoms with E-state index in [0.717, 1.165) is 42.4 Å². The maximum atomic E-state index is 14.0. The summed E-state index contributed by atoms with van der Waals surface area (Å²) in [4.78, 5) is 12.9. The van der Waals surface area contributed by atoms with Crippen LogP contribution in [0.25, 0.3) is 21.1 Å². The molecule has 1 saturated heterocycles. The molecule has 5 heterocycles. The SMILES string of the molecule is Cc1cc2c(s1)c1cnn(Cc3ccccc3F)c(=O)c1n2C.O=S(=O)(c1ccc2c(c1)OCCO2)N1CCN(S(=O)(=O)c2c(F)cccc2F)CC1. The molecule has 0 radical (unpaired) electrons. The van der Waals surface area contributed by atoms with Gasteiger partial charge in [0.1, 0.15) is 36.2 Å². The number of fused-ring (bicyclic) bond motifs is 4. The number of ether oxygens (including phenoxy) is 2. The van der Waals surface area contributed by atoms with Gasteiger partial charge in [-0.1, -0.05) is 24.3 Å². The summed E-state index contributed by atoms with van der Waals surface area (Å²) in [5, 5.41) is 5.10. The molecule has 0 bridgehead atoms. The average Bonchev–Trinajstić information content (AvgIpc) is 3.65. The van der Waals surface area contributed by atoms with Crippen LogP contribution in [0.3, 0.4) is 0 Å². The van der Waals surface area contributed by atoms with E-state index in [9.17, 15) is 34.8 Å². The summed E-state index contributed by atoms with van der Waals surface area (Å²) in [6, 6.07) is 15.6. The van der Waals surface area contributed by atoms with Crippen molar-refractivity contribution in [1.29, 1.82) is 0 Å². The van der Waals surface area contributed by atoms with Crippen molar-refractivity contribution in [2.75, 3.05) is 39.4 Å². The highest BCUT2D eigenvalue weighted by Gasteiger charge is 2.36. The van der Waals surface area contributed by atoms with E-state index in [1.807, 2.05) is 18.5 Å². The Labute approximate surface area is 306 Å². The number of sulfonamides is 2. The van der Waals surface area contributed by atoms with Crippen molar-refractivity contribution in [3.8, 4) is 11.5 Å². The first-order valence-electron chi connectivity index (χ1n) is 16.3. The van der Waals surface area contributed by atoms with Crippen molar-refractivity contribution in [3.63, 3.8) is 0 Å². The van der Waals surface area contributed by atoms with E-state index in [1.165, 1.54) is 33.8 Å². The van der Waals surface area contributed by atoms with Gasteiger partial charge in [0.25, 0.3) is 5.56 Å². The van der Waals surface area contributed by atoms with Gasteiger partial charge in [0.15, 0.2) is 16.4 Å². The first-order chi connectivity index (χ1) is 25.3. The number of aryl methyl sites for hydroxylation is 2. The molecule has 12 nitrogen and oxygen atoms in total. The summed E-state index contributed by atoms with van der Waals surface area (Å²) in [6.07, 6.45) is 1.70. The molecule has 278 valence electrons. The zero-order valence-corrected chi connectivity index (χ0v) is 30.8. The molecule has 0 aliphatic carbocycles. The lowest BCUT2D eigenvalue weighted by Crippen LogP contribution is -2.50. The number of rotatable bonds is 6. The van der Waals surface area contributed by atoms with E-state index in [0.29, 0.717) is 35.8 Å². The molecule has 8 rings (SSSR count). The van der Waals surface area contributed by atoms with Crippen molar-refractivity contribution < 1.29 is 39.5 Å². The van der Waals surface area contributed by atoms with E-state index < -0.39 is 36.6 Å². The molecular weight excluding hydrogens is 756 g/mol. The number of thiophene rings is 1. The number of hydrogen-bond donors (Lipinski definition) is 0. The van der Waals surface area contributed by atoms with Crippen LogP contribution >= 0.6 is 11.3 Å². The maximum absolute atomic E-state index is 14.0. The van der Waals surface area contributed by atoms with Gasteiger partial charge in [-0.25, -0.2) is 34.7 Å². The van der Waals surface area contributed by atoms with E-state index in [4.69, 9.17) is 9.47 Å². The van der Waals surface area contributed by atoms with Gasteiger partial charge < -0.3 is 14.0 Å². The third-order valence-corrected chi connectivity index (χ3v) is 13.9. The molecule has 0 saturated carbocycles. The number of benzene rings is 3. The normalized spacial score (nSPS) is 15.4. The van der Waals surface area contributed by atoms with Crippen LogP contribution in [-0.4, -0.2) is 79.2 Å². The first-order valence-corrected chi connectivity index (χ1v) is 20.0. The van der Waals surface area contributed by atoms with Gasteiger partial charge in [-0.3, -0.25) is 4.79 Å². The summed E-state index contributed by atoms with van der Waals surface area (Å²) in [6.45, 7) is 2.05. The smallest absolute Gasteiger partial charge is 0.291 e. The molecule has 6 aromatic rings. The van der Waals surface area contributed by atoms with Gasteiger partial charge in [-0.15, -0.1) is 11.3 Å². The number of aromatic nitrogens is 3. The van der Waals surface area contributed by atoms with Gasteiger partial charge in [-0.05, 0) is 43.3 Å². The highest BCUT2D eigenvalue weighted by atomic mass is 32.2. The molecule has 0 atom stereocenters. The zero-order chi connectivity index (χ0) is 37.7. The molecule has 0 N–H and O–H groups in total. The van der Waals surface area contributed by atoms with Crippen LogP contribution in [0.4, 0.5) is 13.2 Å². The average molecular weight is 788 g/mol. The van der Waals surface area contributed by atoms with Gasteiger partial charge in [0.2, 0.25) is 20.0 Å². The Hall–Kier alpha value is -4.75. The number of hydrogen-bond acceptors (Lipinski definition) is 9. The number of piperazine rings is 1. The highest BCUT2D eigenvalue weighted by Crippen LogP contribution is 2.34. The fourth-order valence-corrected chi connectivity index (χ4v) is 10.3. The molecule has 53 heavy (non-hydrogen) atoms. The minimum Gasteiger partial charge on any atom is -0.486 e. The zero-order valence-electron chi connectivity index (χ0n) is 28.3. The molecule has 0 unspecified atom stereocenters. The van der Waals surface area contributed by atoms with Crippen LogP contribution < -0.4 is 15.0 Å². The fraction of sp³-hybridized carbons (Fsp3) is 0.257. The quantitative estimate of drug-likeness (QED) is 0.234. The van der Waals surface area contributed by atoms with E-state index in [1.54, 1.807) is 35.7 Å². The van der Waals surface area contributed by atoms with E-state index >= 15 is 0 Å². The Morgan fingerprint density at radius 1 is 0.792 bits per heavy atom. The van der Waals surface area contributed by atoms with Crippen molar-refractivity contribution in [1.82, 2.24) is 23.0 Å². The second kappa shape index (κ2) is 14.2. The van der Waals surface area contributed by atoms with Crippen molar-refractivity contribution >= 4 is 52.5 Å². The van der Waals surface area contributed by atoms with Gasteiger partial charge in [-0.2, -0.15) is 13.7 Å². The molecule has 18 heteroatoms. The van der Waals surface area contributed by atoms with Crippen LogP contribution in [0.2, 0.25) is 0 Å². The van der Waals surface area contributed by atoms with E-state index in [2.05, 4.69) is 11.2 Å². The Bertz CT molecular complexity index is 2630. The largest absolute Gasteiger partial charge is 0.486 e. The van der Waals surface area contributed by atoms with E-state index in [-0.39, 0.29) is 49.0 Å². The van der Waals surface area contributed by atoms with Crippen LogP contribution in [0, 0.1) is 24.4 Å². The maximum Gasteiger partial charge on any atom is 0.291 e. The minimum atomic E-state index is -4.44. The Morgan fingerprint density at radius 2 is 1.42 bits per heavy atom. The second-order valence-electron chi connectivity index (χ2n) is 12.3.